The van der Waals surface area contributed by atoms with Crippen LogP contribution in [0.3, 0.4) is 0 Å². The first kappa shape index (κ1) is 16.7. The molecule has 0 spiro atoms. The van der Waals surface area contributed by atoms with Gasteiger partial charge in [0.05, 0.1) is 6.61 Å². The first-order chi connectivity index (χ1) is 5.75. The van der Waals surface area contributed by atoms with Crippen molar-refractivity contribution in [2.75, 3.05) is 6.61 Å². The minimum absolute atomic E-state index is 0. The van der Waals surface area contributed by atoms with Gasteiger partial charge in [-0.25, -0.2) is 0 Å². The predicted octanol–water partition coefficient (Wildman–Crippen LogP) is -0.484. The fourth-order valence-electron chi connectivity index (χ4n) is 1.17. The molecule has 0 heterocycles. The van der Waals surface area contributed by atoms with E-state index >= 15 is 0 Å². The Morgan fingerprint density at radius 3 is 2.14 bits per heavy atom. The maximum Gasteiger partial charge on any atom is 2.00 e. The zero-order valence-corrected chi connectivity index (χ0v) is 12.1. The van der Waals surface area contributed by atoms with Crippen molar-refractivity contribution in [3.63, 3.8) is 0 Å². The van der Waals surface area contributed by atoms with E-state index < -0.39 is 0 Å². The molecule has 1 aromatic rings. The summed E-state index contributed by atoms with van der Waals surface area (Å²) in [5.41, 5.74) is 2.34. The van der Waals surface area contributed by atoms with E-state index in [4.69, 9.17) is 4.74 Å². The van der Waals surface area contributed by atoms with E-state index in [2.05, 4.69) is 26.8 Å². The second-order valence-electron chi connectivity index (χ2n) is 3.00. The molecule has 0 aliphatic rings. The van der Waals surface area contributed by atoms with Gasteiger partial charge in [0.2, 0.25) is 0 Å². The molecule has 0 fully saturated rings. The normalized spacial score (nSPS) is 8.50. The van der Waals surface area contributed by atoms with Crippen LogP contribution in [0.25, 0.3) is 0 Å². The number of halogens is 1. The zero-order chi connectivity index (χ0) is 8.97. The molecule has 0 bridgehead atoms. The minimum Gasteiger partial charge on any atom is -1.00 e. The number of ether oxygens (including phenoxy) is 1. The van der Waals surface area contributed by atoms with Crippen molar-refractivity contribution in [1.82, 2.24) is 0 Å². The molecule has 0 N–H and O–H groups in total. The second kappa shape index (κ2) is 8.56. The van der Waals surface area contributed by atoms with Crippen LogP contribution < -0.4 is 21.7 Å². The molecule has 14 heavy (non-hydrogen) atoms. The van der Waals surface area contributed by atoms with Crippen molar-refractivity contribution >= 4 is 23.1 Å². The van der Waals surface area contributed by atoms with Gasteiger partial charge < -0.3 is 21.7 Å². The van der Waals surface area contributed by atoms with Crippen molar-refractivity contribution in [3.05, 3.63) is 29.3 Å². The van der Waals surface area contributed by atoms with Crippen LogP contribution in [0, 0.1) is 19.9 Å². The Kier molecular flexibility index (Phi) is 10.2. The van der Waals surface area contributed by atoms with Gasteiger partial charge in [-0.1, -0.05) is 20.8 Å². The number of benzene rings is 1. The fourth-order valence-corrected chi connectivity index (χ4v) is 1.17. The van der Waals surface area contributed by atoms with Gasteiger partial charge >= 0.3 is 23.1 Å². The van der Waals surface area contributed by atoms with Gasteiger partial charge in [0, 0.05) is 5.75 Å². The van der Waals surface area contributed by atoms with Gasteiger partial charge in [0.1, 0.15) is 0 Å². The van der Waals surface area contributed by atoms with Crippen molar-refractivity contribution in [1.29, 1.82) is 0 Å². The molecule has 1 aromatic carbocycles. The Labute approximate surface area is 113 Å². The third-order valence-corrected chi connectivity index (χ3v) is 1.77. The van der Waals surface area contributed by atoms with Crippen molar-refractivity contribution in [3.8, 4) is 5.75 Å². The third kappa shape index (κ3) is 4.67. The molecule has 74 valence electrons. The van der Waals surface area contributed by atoms with Gasteiger partial charge in [0.25, 0.3) is 0 Å². The SMILES string of the molecule is CCCOc1c(C)c[c-]cc1C.[Br-].[Mg+2]. The number of aryl methyl sites for hydroxylation is 2. The van der Waals surface area contributed by atoms with Gasteiger partial charge in [0.15, 0.2) is 0 Å². The second-order valence-corrected chi connectivity index (χ2v) is 3.00. The van der Waals surface area contributed by atoms with E-state index in [0.717, 1.165) is 18.8 Å². The Balaban J connectivity index is 0. The third-order valence-electron chi connectivity index (χ3n) is 1.77. The maximum absolute atomic E-state index is 5.60. The molecule has 1 nitrogen and oxygen atoms in total. The molecule has 0 atom stereocenters. The van der Waals surface area contributed by atoms with Gasteiger partial charge in [-0.15, -0.1) is 11.1 Å². The molecule has 0 radical (unpaired) electrons. The van der Waals surface area contributed by atoms with Crippen LogP contribution in [0.15, 0.2) is 12.1 Å². The average molecular weight is 267 g/mol. The summed E-state index contributed by atoms with van der Waals surface area (Å²) in [5.74, 6) is 1.02. The van der Waals surface area contributed by atoms with Gasteiger partial charge in [-0.3, -0.25) is 0 Å². The molecule has 0 saturated heterocycles. The summed E-state index contributed by atoms with van der Waals surface area (Å²) >= 11 is 0. The van der Waals surface area contributed by atoms with Crippen molar-refractivity contribution < 1.29 is 21.7 Å². The van der Waals surface area contributed by atoms with Crippen LogP contribution in [-0.2, 0) is 0 Å². The topological polar surface area (TPSA) is 9.23 Å². The molecule has 3 heteroatoms. The Morgan fingerprint density at radius 1 is 1.21 bits per heavy atom. The van der Waals surface area contributed by atoms with Gasteiger partial charge in [-0.05, 0) is 6.42 Å². The molecule has 0 saturated carbocycles. The Bertz CT molecular complexity index is 243. The van der Waals surface area contributed by atoms with E-state index in [9.17, 15) is 0 Å². The van der Waals surface area contributed by atoms with Crippen LogP contribution in [-0.4, -0.2) is 29.7 Å². The molecular weight excluding hydrogens is 252 g/mol. The molecule has 0 aromatic heterocycles. The largest absolute Gasteiger partial charge is 2.00 e. The van der Waals surface area contributed by atoms with E-state index in [-0.39, 0.29) is 40.0 Å². The summed E-state index contributed by atoms with van der Waals surface area (Å²) in [6.07, 6.45) is 1.05. The summed E-state index contributed by atoms with van der Waals surface area (Å²) in [4.78, 5) is 0. The quantitative estimate of drug-likeness (QED) is 0.531. The summed E-state index contributed by atoms with van der Waals surface area (Å²) in [5, 5.41) is 0. The summed E-state index contributed by atoms with van der Waals surface area (Å²) in [7, 11) is 0. The van der Waals surface area contributed by atoms with Crippen LogP contribution in [0.5, 0.6) is 5.75 Å². The van der Waals surface area contributed by atoms with Crippen LogP contribution >= 0.6 is 0 Å². The smallest absolute Gasteiger partial charge is 1.00 e. The van der Waals surface area contributed by atoms with Crippen LogP contribution in [0.4, 0.5) is 0 Å². The predicted molar refractivity (Wildman–Crippen MR) is 56.3 cm³/mol. The van der Waals surface area contributed by atoms with E-state index in [1.165, 1.54) is 11.1 Å². The van der Waals surface area contributed by atoms with Crippen LogP contribution in [0.1, 0.15) is 24.5 Å². The molecule has 1 rings (SSSR count). The fraction of sp³-hybridized carbons (Fsp3) is 0.455. The Hall–Kier alpha value is 0.266. The summed E-state index contributed by atoms with van der Waals surface area (Å²) in [6, 6.07) is 6.98. The Morgan fingerprint density at radius 2 is 1.71 bits per heavy atom. The van der Waals surface area contributed by atoms with Gasteiger partial charge in [-0.2, -0.15) is 18.2 Å². The van der Waals surface area contributed by atoms with Crippen molar-refractivity contribution in [2.45, 2.75) is 27.2 Å². The molecule has 0 unspecified atom stereocenters. The first-order valence-electron chi connectivity index (χ1n) is 4.35. The summed E-state index contributed by atoms with van der Waals surface area (Å²) < 4.78 is 5.60. The number of hydrogen-bond acceptors (Lipinski definition) is 1. The van der Waals surface area contributed by atoms with E-state index in [1.54, 1.807) is 0 Å². The molecular formula is C11H15BrMgO. The average Bonchev–Trinajstić information content (AvgIpc) is 2.04. The zero-order valence-electron chi connectivity index (χ0n) is 9.06. The molecule has 0 amide bonds. The van der Waals surface area contributed by atoms with E-state index in [0.29, 0.717) is 0 Å². The van der Waals surface area contributed by atoms with Crippen LogP contribution in [0.2, 0.25) is 0 Å². The number of hydrogen-bond donors (Lipinski definition) is 0. The first-order valence-corrected chi connectivity index (χ1v) is 4.35. The molecule has 0 aliphatic carbocycles. The van der Waals surface area contributed by atoms with E-state index in [1.807, 2.05) is 12.1 Å². The minimum atomic E-state index is 0. The monoisotopic (exact) mass is 266 g/mol. The summed E-state index contributed by atoms with van der Waals surface area (Å²) in [6.45, 7) is 7.01. The van der Waals surface area contributed by atoms with Crippen molar-refractivity contribution in [2.24, 2.45) is 0 Å². The number of rotatable bonds is 3. The molecule has 0 aliphatic heterocycles. The standard InChI is InChI=1S/C11H15O.BrH.Mg/c1-4-8-12-11-9(2)6-5-7-10(11)3;;/h6-7H,4,8H2,1-3H3;1H;/q-1;;+2/p-1. The maximum atomic E-state index is 5.60.